The molecule has 19 heavy (non-hydrogen) atoms. The molecule has 0 saturated heterocycles. The Morgan fingerprint density at radius 1 is 1.58 bits per heavy atom. The van der Waals surface area contributed by atoms with Crippen LogP contribution in [0.3, 0.4) is 0 Å². The fourth-order valence-corrected chi connectivity index (χ4v) is 2.20. The van der Waals surface area contributed by atoms with Crippen LogP contribution in [0, 0.1) is 18.2 Å². The molecule has 6 heteroatoms. The average molecular weight is 281 g/mol. The summed E-state index contributed by atoms with van der Waals surface area (Å²) >= 11 is 0.941. The fourth-order valence-electron chi connectivity index (χ4n) is 1.25. The summed E-state index contributed by atoms with van der Waals surface area (Å²) in [5.74, 6) is 0.219. The molecule has 0 aromatic heterocycles. The average Bonchev–Trinajstić information content (AvgIpc) is 2.38. The molecule has 4 nitrogen and oxygen atoms in total. The van der Waals surface area contributed by atoms with Gasteiger partial charge in [0.15, 0.2) is 0 Å². The molecule has 0 heterocycles. The highest BCUT2D eigenvalue weighted by Crippen LogP contribution is 2.27. The van der Waals surface area contributed by atoms with Crippen molar-refractivity contribution >= 4 is 23.6 Å². The van der Waals surface area contributed by atoms with Gasteiger partial charge in [-0.2, -0.15) is 0 Å². The number of benzene rings is 1. The van der Waals surface area contributed by atoms with Gasteiger partial charge >= 0.3 is 5.97 Å². The normalized spacial score (nSPS) is 11.4. The Morgan fingerprint density at radius 2 is 2.26 bits per heavy atom. The van der Waals surface area contributed by atoms with Crippen LogP contribution in [0.15, 0.2) is 23.1 Å². The van der Waals surface area contributed by atoms with Crippen molar-refractivity contribution in [3.63, 3.8) is 0 Å². The molecule has 0 radical (unpaired) electrons. The summed E-state index contributed by atoms with van der Waals surface area (Å²) < 4.78 is 13.5. The predicted octanol–water partition coefficient (Wildman–Crippen LogP) is 1.75. The highest BCUT2D eigenvalue weighted by atomic mass is 32.2. The lowest BCUT2D eigenvalue weighted by atomic mass is 10.2. The zero-order valence-electron chi connectivity index (χ0n) is 10.1. The molecular weight excluding hydrogens is 269 g/mol. The van der Waals surface area contributed by atoms with Crippen LogP contribution in [0.1, 0.15) is 17.3 Å². The number of carboxylic acids is 1. The van der Waals surface area contributed by atoms with Crippen molar-refractivity contribution in [1.82, 2.24) is 5.32 Å². The van der Waals surface area contributed by atoms with Crippen LogP contribution in [-0.2, 0) is 4.79 Å². The van der Waals surface area contributed by atoms with Gasteiger partial charge in [0.1, 0.15) is 5.82 Å². The molecule has 0 bridgehead atoms. The maximum atomic E-state index is 13.5. The van der Waals surface area contributed by atoms with Crippen molar-refractivity contribution in [2.45, 2.75) is 17.1 Å². The number of nitrogens with one attached hydrogen (secondary N) is 1. The topological polar surface area (TPSA) is 66.4 Å². The smallest absolute Gasteiger partial charge is 0.335 e. The van der Waals surface area contributed by atoms with E-state index in [0.29, 0.717) is 0 Å². The Bertz CT molecular complexity index is 539. The maximum Gasteiger partial charge on any atom is 0.335 e. The number of thioether (sulfide) groups is 1. The molecule has 1 aromatic carbocycles. The number of carboxylic acid groups (broad SMARTS) is 1. The largest absolute Gasteiger partial charge is 0.478 e. The number of terminal acetylenes is 1. The first kappa shape index (κ1) is 15.1. The van der Waals surface area contributed by atoms with Gasteiger partial charge in [-0.15, -0.1) is 18.2 Å². The number of hydrogen-bond donors (Lipinski definition) is 2. The quantitative estimate of drug-likeness (QED) is 0.637. The van der Waals surface area contributed by atoms with Crippen LogP contribution < -0.4 is 5.32 Å². The number of carbonyl (C=O) groups is 2. The summed E-state index contributed by atoms with van der Waals surface area (Å²) in [6, 6.07) is 3.44. The van der Waals surface area contributed by atoms with Gasteiger partial charge in [0.25, 0.3) is 0 Å². The van der Waals surface area contributed by atoms with Crippen molar-refractivity contribution in [3.05, 3.63) is 29.6 Å². The molecule has 1 unspecified atom stereocenters. The first-order valence-corrected chi connectivity index (χ1v) is 6.24. The number of aromatic carboxylic acids is 1. The third-order valence-corrected chi connectivity index (χ3v) is 3.35. The molecule has 100 valence electrons. The standard InChI is InChI=1S/C13H12FNO3S/c1-3-6-15-12(16)8(2)19-11-7-9(13(17)18)4-5-10(11)14/h1,4-5,7-8H,6H2,2H3,(H,15,16)(H,17,18). The van der Waals surface area contributed by atoms with Crippen molar-refractivity contribution in [2.24, 2.45) is 0 Å². The van der Waals surface area contributed by atoms with Gasteiger partial charge in [-0.1, -0.05) is 5.92 Å². The molecule has 1 amide bonds. The molecule has 2 N–H and O–H groups in total. The lowest BCUT2D eigenvalue weighted by Crippen LogP contribution is -2.31. The summed E-state index contributed by atoms with van der Waals surface area (Å²) in [6.07, 6.45) is 5.01. The monoisotopic (exact) mass is 281 g/mol. The van der Waals surface area contributed by atoms with Crippen molar-refractivity contribution in [2.75, 3.05) is 6.54 Å². The summed E-state index contributed by atoms with van der Waals surface area (Å²) in [6.45, 7) is 1.69. The van der Waals surface area contributed by atoms with E-state index in [-0.39, 0.29) is 22.9 Å². The third kappa shape index (κ3) is 4.30. The number of hydrogen-bond acceptors (Lipinski definition) is 3. The molecule has 0 fully saturated rings. The molecule has 1 atom stereocenters. The van der Waals surface area contributed by atoms with E-state index in [9.17, 15) is 14.0 Å². The zero-order valence-corrected chi connectivity index (χ0v) is 11.0. The molecule has 1 aromatic rings. The van der Waals surface area contributed by atoms with E-state index in [0.717, 1.165) is 17.8 Å². The van der Waals surface area contributed by atoms with Crippen LogP contribution in [0.2, 0.25) is 0 Å². The Labute approximate surface area is 114 Å². The third-order valence-electron chi connectivity index (χ3n) is 2.22. The first-order chi connectivity index (χ1) is 8.95. The van der Waals surface area contributed by atoms with Gasteiger partial charge in [0, 0.05) is 4.90 Å². The van der Waals surface area contributed by atoms with E-state index in [2.05, 4.69) is 11.2 Å². The van der Waals surface area contributed by atoms with E-state index >= 15 is 0 Å². The van der Waals surface area contributed by atoms with Crippen LogP contribution in [0.4, 0.5) is 4.39 Å². The molecular formula is C13H12FNO3S. The SMILES string of the molecule is C#CCNC(=O)C(C)Sc1cc(C(=O)O)ccc1F. The van der Waals surface area contributed by atoms with Crippen molar-refractivity contribution in [1.29, 1.82) is 0 Å². The molecule has 0 saturated carbocycles. The first-order valence-electron chi connectivity index (χ1n) is 5.36. The second kappa shape index (κ2) is 6.81. The van der Waals surface area contributed by atoms with E-state index in [1.54, 1.807) is 6.92 Å². The lowest BCUT2D eigenvalue weighted by Gasteiger charge is -2.11. The van der Waals surface area contributed by atoms with Crippen LogP contribution in [0.5, 0.6) is 0 Å². The second-order valence-electron chi connectivity index (χ2n) is 3.63. The van der Waals surface area contributed by atoms with Crippen LogP contribution in [0.25, 0.3) is 0 Å². The van der Waals surface area contributed by atoms with Gasteiger partial charge < -0.3 is 10.4 Å². The Balaban J connectivity index is 2.81. The summed E-state index contributed by atoms with van der Waals surface area (Å²) in [4.78, 5) is 22.5. The molecule has 0 aliphatic rings. The molecule has 1 rings (SSSR count). The second-order valence-corrected chi connectivity index (χ2v) is 5.01. The van der Waals surface area contributed by atoms with Gasteiger partial charge in [0.05, 0.1) is 17.4 Å². The van der Waals surface area contributed by atoms with E-state index < -0.39 is 17.0 Å². The minimum atomic E-state index is -1.15. The van der Waals surface area contributed by atoms with Crippen molar-refractivity contribution in [3.8, 4) is 12.3 Å². The van der Waals surface area contributed by atoms with E-state index in [4.69, 9.17) is 11.5 Å². The minimum Gasteiger partial charge on any atom is -0.478 e. The maximum absolute atomic E-state index is 13.5. The Hall–Kier alpha value is -2.00. The summed E-state index contributed by atoms with van der Waals surface area (Å²) in [5.41, 5.74) is -0.0277. The van der Waals surface area contributed by atoms with Gasteiger partial charge in [-0.25, -0.2) is 9.18 Å². The Kier molecular flexibility index (Phi) is 5.39. The van der Waals surface area contributed by atoms with Crippen LogP contribution >= 0.6 is 11.8 Å². The highest BCUT2D eigenvalue weighted by Gasteiger charge is 2.17. The number of carbonyl (C=O) groups excluding carboxylic acids is 1. The van der Waals surface area contributed by atoms with Gasteiger partial charge in [-0.3, -0.25) is 4.79 Å². The van der Waals surface area contributed by atoms with E-state index in [1.165, 1.54) is 12.1 Å². The van der Waals surface area contributed by atoms with E-state index in [1.807, 2.05) is 0 Å². The summed E-state index contributed by atoms with van der Waals surface area (Å²) in [7, 11) is 0. The predicted molar refractivity (Wildman–Crippen MR) is 70.5 cm³/mol. The molecule has 0 spiro atoms. The summed E-state index contributed by atoms with van der Waals surface area (Å²) in [5, 5.41) is 10.7. The lowest BCUT2D eigenvalue weighted by molar-refractivity contribution is -0.120. The number of halogens is 1. The minimum absolute atomic E-state index is 0.0277. The number of rotatable bonds is 5. The Morgan fingerprint density at radius 3 is 2.84 bits per heavy atom. The fraction of sp³-hybridized carbons (Fsp3) is 0.231. The molecule has 0 aliphatic carbocycles. The molecule has 0 aliphatic heterocycles. The zero-order chi connectivity index (χ0) is 14.4. The number of amides is 1. The van der Waals surface area contributed by atoms with Gasteiger partial charge in [0.2, 0.25) is 5.91 Å². The van der Waals surface area contributed by atoms with Crippen LogP contribution in [-0.4, -0.2) is 28.8 Å². The highest BCUT2D eigenvalue weighted by molar-refractivity contribution is 8.00. The van der Waals surface area contributed by atoms with Crippen molar-refractivity contribution < 1.29 is 19.1 Å². The van der Waals surface area contributed by atoms with Gasteiger partial charge in [-0.05, 0) is 25.1 Å².